The minimum atomic E-state index is -0.902. The molecule has 0 saturated heterocycles. The van der Waals surface area contributed by atoms with Crippen molar-refractivity contribution in [3.63, 3.8) is 0 Å². The van der Waals surface area contributed by atoms with Crippen molar-refractivity contribution in [3.8, 4) is 0 Å². The van der Waals surface area contributed by atoms with Crippen molar-refractivity contribution in [3.05, 3.63) is 74.0 Å². The Labute approximate surface area is 161 Å². The van der Waals surface area contributed by atoms with Crippen LogP contribution in [0.15, 0.2) is 52.1 Å². The first-order valence-corrected chi connectivity index (χ1v) is 8.35. The maximum Gasteiger partial charge on any atom is 0.328 e. The average molecular weight is 406 g/mol. The van der Waals surface area contributed by atoms with Gasteiger partial charge in [-0.1, -0.05) is 23.7 Å². The van der Waals surface area contributed by atoms with Gasteiger partial charge in [0.15, 0.2) is 6.61 Å². The maximum absolute atomic E-state index is 13.1. The number of anilines is 1. The molecule has 0 saturated carbocycles. The highest BCUT2D eigenvalue weighted by Crippen LogP contribution is 2.19. The lowest BCUT2D eigenvalue weighted by Crippen LogP contribution is -2.33. The highest BCUT2D eigenvalue weighted by atomic mass is 35.5. The summed E-state index contributed by atoms with van der Waals surface area (Å²) in [6.07, 6.45) is 0. The monoisotopic (exact) mass is 405 g/mol. The number of ether oxygens (including phenoxy) is 1. The van der Waals surface area contributed by atoms with Crippen LogP contribution in [-0.2, 0) is 20.9 Å². The van der Waals surface area contributed by atoms with E-state index in [9.17, 15) is 23.6 Å². The van der Waals surface area contributed by atoms with Crippen LogP contribution in [0.1, 0.15) is 0 Å². The number of amides is 1. The summed E-state index contributed by atoms with van der Waals surface area (Å²) >= 11 is 5.61. The summed E-state index contributed by atoms with van der Waals surface area (Å²) in [5.41, 5.74) is -0.881. The van der Waals surface area contributed by atoms with E-state index in [1.807, 2.05) is 0 Å². The minimum Gasteiger partial charge on any atom is -0.454 e. The number of aromatic nitrogens is 2. The Balaban J connectivity index is 1.63. The van der Waals surface area contributed by atoms with Gasteiger partial charge in [0.25, 0.3) is 17.0 Å². The van der Waals surface area contributed by atoms with Crippen LogP contribution >= 0.6 is 11.6 Å². The number of fused-ring (bicyclic) bond motifs is 1. The summed E-state index contributed by atoms with van der Waals surface area (Å²) < 4.78 is 18.7. The fraction of sp³-hybridized carbons (Fsp3) is 0.111. The second-order valence-electron chi connectivity index (χ2n) is 5.72. The highest BCUT2D eigenvalue weighted by Gasteiger charge is 2.13. The topological polar surface area (TPSA) is 110 Å². The van der Waals surface area contributed by atoms with Crippen LogP contribution < -0.4 is 16.4 Å². The number of nitrogens with zero attached hydrogens (tertiary/aromatic N) is 1. The second kappa shape index (κ2) is 8.05. The summed E-state index contributed by atoms with van der Waals surface area (Å²) in [6, 6.07) is 9.74. The molecule has 1 aromatic heterocycles. The molecule has 1 heterocycles. The van der Waals surface area contributed by atoms with Crippen LogP contribution in [0.25, 0.3) is 10.8 Å². The third-order valence-corrected chi connectivity index (χ3v) is 4.03. The third kappa shape index (κ3) is 4.26. The molecule has 3 rings (SSSR count). The van der Waals surface area contributed by atoms with Gasteiger partial charge < -0.3 is 10.1 Å². The molecule has 0 bridgehead atoms. The van der Waals surface area contributed by atoms with Gasteiger partial charge in [-0.2, -0.15) is 0 Å². The number of esters is 1. The van der Waals surface area contributed by atoms with Gasteiger partial charge in [-0.3, -0.25) is 24.3 Å². The van der Waals surface area contributed by atoms with Gasteiger partial charge in [-0.05, 0) is 30.3 Å². The number of carbonyl (C=O) groups is 2. The Hall–Kier alpha value is -3.46. The van der Waals surface area contributed by atoms with Crippen molar-refractivity contribution < 1.29 is 18.7 Å². The van der Waals surface area contributed by atoms with Crippen LogP contribution in [0, 0.1) is 5.82 Å². The van der Waals surface area contributed by atoms with Gasteiger partial charge in [-0.15, -0.1) is 0 Å². The van der Waals surface area contributed by atoms with Gasteiger partial charge in [0, 0.05) is 5.69 Å². The van der Waals surface area contributed by atoms with E-state index < -0.39 is 42.0 Å². The molecule has 28 heavy (non-hydrogen) atoms. The van der Waals surface area contributed by atoms with E-state index in [0.29, 0.717) is 0 Å². The Morgan fingerprint density at radius 3 is 2.57 bits per heavy atom. The number of halogens is 2. The molecule has 8 nitrogen and oxygen atoms in total. The first-order valence-electron chi connectivity index (χ1n) is 7.97. The van der Waals surface area contributed by atoms with Crippen molar-refractivity contribution >= 4 is 39.9 Å². The predicted octanol–water partition coefficient (Wildman–Crippen LogP) is 1.66. The van der Waals surface area contributed by atoms with E-state index in [4.69, 9.17) is 16.3 Å². The Morgan fingerprint density at radius 1 is 1.14 bits per heavy atom. The average Bonchev–Trinajstić information content (AvgIpc) is 2.67. The zero-order valence-electron chi connectivity index (χ0n) is 14.2. The number of aromatic amines is 1. The standard InChI is InChI=1S/C18H13ClFN3O5/c19-13-7-10(5-6-14(13)20)21-15(24)9-28-16(25)8-23-18(27)12-4-2-1-3-11(12)17(26)22-23/h1-7H,8-9H2,(H,21,24)(H,22,26). The molecule has 2 aromatic carbocycles. The van der Waals surface area contributed by atoms with Gasteiger partial charge in [0.2, 0.25) is 0 Å². The molecule has 1 amide bonds. The van der Waals surface area contributed by atoms with Crippen molar-refractivity contribution in [2.24, 2.45) is 0 Å². The van der Waals surface area contributed by atoms with Gasteiger partial charge in [0.05, 0.1) is 15.8 Å². The molecule has 0 aliphatic heterocycles. The number of carbonyl (C=O) groups excluding carboxylic acids is 2. The normalized spacial score (nSPS) is 10.6. The number of rotatable bonds is 5. The number of hydrogen-bond donors (Lipinski definition) is 2. The van der Waals surface area contributed by atoms with Crippen LogP contribution in [-0.4, -0.2) is 28.3 Å². The van der Waals surface area contributed by atoms with E-state index in [2.05, 4.69) is 10.4 Å². The number of hydrogen-bond acceptors (Lipinski definition) is 5. The first kappa shape index (κ1) is 19.3. The van der Waals surface area contributed by atoms with Crippen molar-refractivity contribution in [2.45, 2.75) is 6.54 Å². The summed E-state index contributed by atoms with van der Waals surface area (Å²) in [5.74, 6) is -2.23. The van der Waals surface area contributed by atoms with E-state index in [1.165, 1.54) is 24.3 Å². The maximum atomic E-state index is 13.1. The van der Waals surface area contributed by atoms with Crippen LogP contribution in [0.3, 0.4) is 0 Å². The summed E-state index contributed by atoms with van der Waals surface area (Å²) in [7, 11) is 0. The van der Waals surface area contributed by atoms with E-state index in [0.717, 1.165) is 10.7 Å². The fourth-order valence-corrected chi connectivity index (χ4v) is 2.63. The quantitative estimate of drug-likeness (QED) is 0.627. The molecule has 0 fully saturated rings. The van der Waals surface area contributed by atoms with Gasteiger partial charge in [-0.25, -0.2) is 9.07 Å². The minimum absolute atomic E-state index is 0.157. The van der Waals surface area contributed by atoms with Crippen LogP contribution in [0.2, 0.25) is 5.02 Å². The first-order chi connectivity index (χ1) is 13.3. The van der Waals surface area contributed by atoms with E-state index in [1.54, 1.807) is 12.1 Å². The number of benzene rings is 2. The van der Waals surface area contributed by atoms with Gasteiger partial charge >= 0.3 is 5.97 Å². The van der Waals surface area contributed by atoms with Crippen LogP contribution in [0.5, 0.6) is 0 Å². The molecule has 2 N–H and O–H groups in total. The second-order valence-corrected chi connectivity index (χ2v) is 6.12. The summed E-state index contributed by atoms with van der Waals surface area (Å²) in [6.45, 7) is -1.21. The Kier molecular flexibility index (Phi) is 5.55. The van der Waals surface area contributed by atoms with Crippen molar-refractivity contribution in [1.82, 2.24) is 9.78 Å². The molecule has 10 heteroatoms. The third-order valence-electron chi connectivity index (χ3n) is 3.74. The fourth-order valence-electron chi connectivity index (χ4n) is 2.45. The van der Waals surface area contributed by atoms with Crippen molar-refractivity contribution in [1.29, 1.82) is 0 Å². The summed E-state index contributed by atoms with van der Waals surface area (Å²) in [4.78, 5) is 48.0. The zero-order chi connectivity index (χ0) is 20.3. The molecule has 0 spiro atoms. The SMILES string of the molecule is O=C(COC(=O)Cn1[nH]c(=O)c2ccccc2c1=O)Nc1ccc(F)c(Cl)c1. The largest absolute Gasteiger partial charge is 0.454 e. The highest BCUT2D eigenvalue weighted by molar-refractivity contribution is 6.31. The lowest BCUT2D eigenvalue weighted by atomic mass is 10.2. The van der Waals surface area contributed by atoms with Gasteiger partial charge in [0.1, 0.15) is 12.4 Å². The lowest BCUT2D eigenvalue weighted by Gasteiger charge is -2.09. The molecule has 144 valence electrons. The molecular formula is C18H13ClFN3O5. The van der Waals surface area contributed by atoms with E-state index in [-0.39, 0.29) is 21.5 Å². The van der Waals surface area contributed by atoms with Crippen LogP contribution in [0.4, 0.5) is 10.1 Å². The molecular weight excluding hydrogens is 393 g/mol. The number of nitrogens with one attached hydrogen (secondary N) is 2. The Bertz CT molecular complexity index is 1190. The number of H-pyrrole nitrogens is 1. The molecule has 0 aliphatic carbocycles. The zero-order valence-corrected chi connectivity index (χ0v) is 15.0. The smallest absolute Gasteiger partial charge is 0.328 e. The molecule has 0 aliphatic rings. The van der Waals surface area contributed by atoms with Crippen molar-refractivity contribution in [2.75, 3.05) is 11.9 Å². The molecule has 0 atom stereocenters. The molecule has 0 radical (unpaired) electrons. The molecule has 3 aromatic rings. The summed E-state index contributed by atoms with van der Waals surface area (Å²) in [5, 5.41) is 4.85. The lowest BCUT2D eigenvalue weighted by molar-refractivity contribution is -0.148. The molecule has 0 unspecified atom stereocenters. The Morgan fingerprint density at radius 2 is 1.86 bits per heavy atom. The predicted molar refractivity (Wildman–Crippen MR) is 99.8 cm³/mol. The van der Waals surface area contributed by atoms with E-state index >= 15 is 0 Å².